The molecule has 0 saturated heterocycles. The molecule has 1 aromatic carbocycles. The molecular formula is C16H22N2O6. The number of carbonyl (C=O) groups excluding carboxylic acids is 2. The van der Waals surface area contributed by atoms with Crippen LogP contribution < -0.4 is 14.8 Å². The van der Waals surface area contributed by atoms with Gasteiger partial charge in [0.05, 0.1) is 14.2 Å². The van der Waals surface area contributed by atoms with Crippen LogP contribution in [0.3, 0.4) is 0 Å². The third kappa shape index (κ3) is 5.15. The zero-order chi connectivity index (χ0) is 18.3. The second-order valence-electron chi connectivity index (χ2n) is 5.10. The average molecular weight is 338 g/mol. The summed E-state index contributed by atoms with van der Waals surface area (Å²) >= 11 is 0. The Labute approximate surface area is 140 Å². The largest absolute Gasteiger partial charge is 0.497 e. The van der Waals surface area contributed by atoms with E-state index in [1.807, 2.05) is 0 Å². The minimum atomic E-state index is -1.14. The van der Waals surface area contributed by atoms with Crippen molar-refractivity contribution in [2.24, 2.45) is 0 Å². The SMILES string of the molecule is COc1cc(OC)cc(C(=O)N(CCNC(C)=O)C(C)C(=O)O)c1. The Morgan fingerprint density at radius 2 is 1.71 bits per heavy atom. The van der Waals surface area contributed by atoms with E-state index < -0.39 is 17.9 Å². The molecule has 0 aromatic heterocycles. The maximum Gasteiger partial charge on any atom is 0.326 e. The number of nitrogens with one attached hydrogen (secondary N) is 1. The molecule has 0 fully saturated rings. The summed E-state index contributed by atoms with van der Waals surface area (Å²) in [4.78, 5) is 36.2. The molecule has 132 valence electrons. The van der Waals surface area contributed by atoms with Crippen molar-refractivity contribution in [2.75, 3.05) is 27.3 Å². The van der Waals surface area contributed by atoms with Gasteiger partial charge in [-0.1, -0.05) is 0 Å². The molecule has 0 aliphatic heterocycles. The van der Waals surface area contributed by atoms with Crippen LogP contribution in [0.2, 0.25) is 0 Å². The number of aliphatic carboxylic acids is 1. The molecule has 8 heteroatoms. The Balaban J connectivity index is 3.09. The molecule has 2 amide bonds. The van der Waals surface area contributed by atoms with Gasteiger partial charge in [0.15, 0.2) is 0 Å². The van der Waals surface area contributed by atoms with Gasteiger partial charge >= 0.3 is 5.97 Å². The minimum absolute atomic E-state index is 0.0609. The summed E-state index contributed by atoms with van der Waals surface area (Å²) in [5.74, 6) is -1.05. The van der Waals surface area contributed by atoms with Gasteiger partial charge in [0, 0.05) is 31.6 Å². The van der Waals surface area contributed by atoms with E-state index in [-0.39, 0.29) is 24.6 Å². The van der Waals surface area contributed by atoms with Crippen LogP contribution in [-0.4, -0.2) is 61.1 Å². The lowest BCUT2D eigenvalue weighted by molar-refractivity contribution is -0.141. The van der Waals surface area contributed by atoms with Gasteiger partial charge in [0.25, 0.3) is 5.91 Å². The zero-order valence-electron chi connectivity index (χ0n) is 14.2. The molecule has 1 rings (SSSR count). The van der Waals surface area contributed by atoms with Crippen molar-refractivity contribution < 1.29 is 29.0 Å². The quantitative estimate of drug-likeness (QED) is 0.725. The second-order valence-corrected chi connectivity index (χ2v) is 5.10. The Hall–Kier alpha value is -2.77. The average Bonchev–Trinajstić information content (AvgIpc) is 2.56. The normalized spacial score (nSPS) is 11.3. The number of methoxy groups -OCH3 is 2. The van der Waals surface area contributed by atoms with Crippen LogP contribution in [0.15, 0.2) is 18.2 Å². The van der Waals surface area contributed by atoms with Gasteiger partial charge in [-0.3, -0.25) is 9.59 Å². The van der Waals surface area contributed by atoms with Crippen molar-refractivity contribution >= 4 is 17.8 Å². The number of carboxylic acid groups (broad SMARTS) is 1. The zero-order valence-corrected chi connectivity index (χ0v) is 14.2. The van der Waals surface area contributed by atoms with Crippen LogP contribution in [0.5, 0.6) is 11.5 Å². The smallest absolute Gasteiger partial charge is 0.326 e. The van der Waals surface area contributed by atoms with Crippen molar-refractivity contribution in [1.29, 1.82) is 0 Å². The third-order valence-corrected chi connectivity index (χ3v) is 3.41. The van der Waals surface area contributed by atoms with Gasteiger partial charge < -0.3 is 24.8 Å². The molecule has 1 atom stereocenters. The number of carbonyl (C=O) groups is 3. The number of ether oxygens (including phenoxy) is 2. The molecule has 0 heterocycles. The second kappa shape index (κ2) is 8.76. The first-order valence-electron chi connectivity index (χ1n) is 7.31. The fourth-order valence-corrected chi connectivity index (χ4v) is 2.05. The maximum atomic E-state index is 12.7. The Morgan fingerprint density at radius 3 is 2.12 bits per heavy atom. The molecule has 24 heavy (non-hydrogen) atoms. The highest BCUT2D eigenvalue weighted by Crippen LogP contribution is 2.24. The molecule has 0 aliphatic carbocycles. The van der Waals surface area contributed by atoms with Crippen molar-refractivity contribution in [2.45, 2.75) is 19.9 Å². The summed E-state index contributed by atoms with van der Waals surface area (Å²) in [6, 6.07) is 3.57. The Kier molecular flexibility index (Phi) is 7.03. The van der Waals surface area contributed by atoms with Gasteiger partial charge in [0.1, 0.15) is 17.5 Å². The van der Waals surface area contributed by atoms with E-state index >= 15 is 0 Å². The summed E-state index contributed by atoms with van der Waals surface area (Å²) in [5.41, 5.74) is 0.238. The minimum Gasteiger partial charge on any atom is -0.497 e. The van der Waals surface area contributed by atoms with Crippen LogP contribution in [0, 0.1) is 0 Å². The van der Waals surface area contributed by atoms with Gasteiger partial charge in [0.2, 0.25) is 5.91 Å². The van der Waals surface area contributed by atoms with Crippen molar-refractivity contribution in [3.8, 4) is 11.5 Å². The highest BCUT2D eigenvalue weighted by molar-refractivity contribution is 5.97. The maximum absolute atomic E-state index is 12.7. The first-order valence-corrected chi connectivity index (χ1v) is 7.31. The van der Waals surface area contributed by atoms with Crippen LogP contribution in [-0.2, 0) is 9.59 Å². The van der Waals surface area contributed by atoms with E-state index in [9.17, 15) is 19.5 Å². The fourth-order valence-electron chi connectivity index (χ4n) is 2.05. The predicted octanol–water partition coefficient (Wildman–Crippen LogP) is 0.755. The highest BCUT2D eigenvalue weighted by atomic mass is 16.5. The number of hydrogen-bond donors (Lipinski definition) is 2. The molecule has 1 aromatic rings. The van der Waals surface area contributed by atoms with Crippen molar-refractivity contribution in [1.82, 2.24) is 10.2 Å². The monoisotopic (exact) mass is 338 g/mol. The van der Waals surface area contributed by atoms with Crippen LogP contribution in [0.4, 0.5) is 0 Å². The topological polar surface area (TPSA) is 105 Å². The van der Waals surface area contributed by atoms with E-state index in [0.717, 1.165) is 0 Å². The first kappa shape index (κ1) is 19.3. The van der Waals surface area contributed by atoms with E-state index in [0.29, 0.717) is 11.5 Å². The van der Waals surface area contributed by atoms with Gasteiger partial charge in [-0.2, -0.15) is 0 Å². The fraction of sp³-hybridized carbons (Fsp3) is 0.438. The lowest BCUT2D eigenvalue weighted by Crippen LogP contribution is -2.46. The molecule has 0 spiro atoms. The molecule has 1 unspecified atom stereocenters. The molecular weight excluding hydrogens is 316 g/mol. The van der Waals surface area contributed by atoms with E-state index in [4.69, 9.17) is 9.47 Å². The molecule has 2 N–H and O–H groups in total. The van der Waals surface area contributed by atoms with E-state index in [1.165, 1.54) is 45.1 Å². The van der Waals surface area contributed by atoms with Gasteiger partial charge in [-0.25, -0.2) is 4.79 Å². The van der Waals surface area contributed by atoms with Gasteiger partial charge in [-0.05, 0) is 19.1 Å². The highest BCUT2D eigenvalue weighted by Gasteiger charge is 2.27. The Bertz CT molecular complexity index is 594. The molecule has 0 radical (unpaired) electrons. The standard InChI is InChI=1S/C16H22N2O6/c1-10(16(21)22)18(6-5-17-11(2)19)15(20)12-7-13(23-3)9-14(8-12)24-4/h7-10H,5-6H2,1-4H3,(H,17,19)(H,21,22). The number of amides is 2. The lowest BCUT2D eigenvalue weighted by Gasteiger charge is -2.27. The molecule has 0 saturated carbocycles. The third-order valence-electron chi connectivity index (χ3n) is 3.41. The van der Waals surface area contributed by atoms with E-state index in [1.54, 1.807) is 6.07 Å². The van der Waals surface area contributed by atoms with Crippen LogP contribution in [0.25, 0.3) is 0 Å². The number of carboxylic acids is 1. The van der Waals surface area contributed by atoms with Crippen molar-refractivity contribution in [3.05, 3.63) is 23.8 Å². The summed E-state index contributed by atoms with van der Waals surface area (Å²) in [7, 11) is 2.91. The summed E-state index contributed by atoms with van der Waals surface area (Å²) in [6.45, 7) is 2.97. The van der Waals surface area contributed by atoms with E-state index in [2.05, 4.69) is 5.32 Å². The first-order chi connectivity index (χ1) is 11.3. The summed E-state index contributed by atoms with van der Waals surface area (Å²) < 4.78 is 10.2. The molecule has 0 bridgehead atoms. The summed E-state index contributed by atoms with van der Waals surface area (Å²) in [6.07, 6.45) is 0. The van der Waals surface area contributed by atoms with Crippen LogP contribution >= 0.6 is 0 Å². The van der Waals surface area contributed by atoms with Crippen LogP contribution in [0.1, 0.15) is 24.2 Å². The molecule has 8 nitrogen and oxygen atoms in total. The predicted molar refractivity (Wildman–Crippen MR) is 86.4 cm³/mol. The lowest BCUT2D eigenvalue weighted by atomic mass is 10.1. The Morgan fingerprint density at radius 1 is 1.17 bits per heavy atom. The summed E-state index contributed by atoms with van der Waals surface area (Å²) in [5, 5.41) is 11.8. The number of nitrogens with zero attached hydrogens (tertiary/aromatic N) is 1. The molecule has 0 aliphatic rings. The number of hydrogen-bond acceptors (Lipinski definition) is 5. The number of rotatable bonds is 8. The number of benzene rings is 1. The van der Waals surface area contributed by atoms with Gasteiger partial charge in [-0.15, -0.1) is 0 Å². The van der Waals surface area contributed by atoms with Crippen molar-refractivity contribution in [3.63, 3.8) is 0 Å².